The van der Waals surface area contributed by atoms with Crippen molar-refractivity contribution in [2.45, 2.75) is 6.04 Å². The summed E-state index contributed by atoms with van der Waals surface area (Å²) in [7, 11) is 1.65. The van der Waals surface area contributed by atoms with Crippen LogP contribution in [-0.4, -0.2) is 66.9 Å². The van der Waals surface area contributed by atoms with Crippen LogP contribution in [-0.2, 0) is 9.59 Å². The fourth-order valence-corrected chi connectivity index (χ4v) is 4.15. The molecule has 2 aromatic carbocycles. The molecule has 0 aromatic heterocycles. The third-order valence-electron chi connectivity index (χ3n) is 5.33. The second kappa shape index (κ2) is 9.97. The number of hydrogen-bond acceptors (Lipinski definition) is 4. The molecule has 1 atom stereocenters. The van der Waals surface area contributed by atoms with Crippen LogP contribution in [0.25, 0.3) is 11.1 Å². The third kappa shape index (κ3) is 4.69. The summed E-state index contributed by atoms with van der Waals surface area (Å²) in [6, 6.07) is 10.1. The number of benzene rings is 2. The first kappa shape index (κ1) is 23.5. The van der Waals surface area contributed by atoms with Crippen molar-refractivity contribution < 1.29 is 9.59 Å². The maximum absolute atomic E-state index is 12.2. The minimum atomic E-state index is -0.811. The zero-order valence-electron chi connectivity index (χ0n) is 17.6. The standard InChI is InChI=1S/C23H23Cl2N5O2/c1-4-21(31)30-10-9-29(13-20(30)22(26)32)23(28-3)17-11-16(18(25)12-19(17)27-2)14-5-7-15(24)8-6-14/h4-8,11-12,20H,1-2,9-10,13H2,3H3,(H2,26,32)/t20-/m1/s1. The van der Waals surface area contributed by atoms with E-state index in [1.807, 2.05) is 23.1 Å². The minimum Gasteiger partial charge on any atom is -0.368 e. The van der Waals surface area contributed by atoms with E-state index in [1.165, 1.54) is 11.0 Å². The van der Waals surface area contributed by atoms with E-state index in [1.54, 1.807) is 25.2 Å². The molecule has 2 aromatic rings. The van der Waals surface area contributed by atoms with Gasteiger partial charge in [0.05, 0.1) is 10.7 Å². The number of aliphatic imine (C=N–C) groups is 2. The number of carbonyl (C=O) groups excluding carboxylic acids is 2. The highest BCUT2D eigenvalue weighted by Crippen LogP contribution is 2.35. The van der Waals surface area contributed by atoms with E-state index in [0.29, 0.717) is 40.2 Å². The molecule has 32 heavy (non-hydrogen) atoms. The lowest BCUT2D eigenvalue weighted by Gasteiger charge is -2.41. The molecular formula is C23H23Cl2N5O2. The van der Waals surface area contributed by atoms with Crippen LogP contribution in [0, 0.1) is 0 Å². The Kier molecular flexibility index (Phi) is 7.33. The van der Waals surface area contributed by atoms with Crippen molar-refractivity contribution in [2.75, 3.05) is 26.7 Å². The van der Waals surface area contributed by atoms with Gasteiger partial charge in [-0.2, -0.15) is 0 Å². The Balaban J connectivity index is 2.03. The second-order valence-corrected chi connectivity index (χ2v) is 8.00. The Hall–Kier alpha value is -3.16. The van der Waals surface area contributed by atoms with Crippen LogP contribution in [0.1, 0.15) is 5.56 Å². The number of carbonyl (C=O) groups is 2. The van der Waals surface area contributed by atoms with Crippen molar-refractivity contribution in [2.24, 2.45) is 15.7 Å². The molecule has 1 fully saturated rings. The average Bonchev–Trinajstić information content (AvgIpc) is 2.80. The highest BCUT2D eigenvalue weighted by molar-refractivity contribution is 6.34. The van der Waals surface area contributed by atoms with Gasteiger partial charge < -0.3 is 15.5 Å². The third-order valence-corrected chi connectivity index (χ3v) is 5.89. The molecular weight excluding hydrogens is 449 g/mol. The van der Waals surface area contributed by atoms with Crippen LogP contribution in [0.15, 0.2) is 59.0 Å². The molecule has 1 aliphatic rings. The highest BCUT2D eigenvalue weighted by Gasteiger charge is 2.35. The first-order chi connectivity index (χ1) is 15.3. The molecule has 0 radical (unpaired) electrons. The molecule has 0 saturated carbocycles. The lowest BCUT2D eigenvalue weighted by atomic mass is 10.00. The Bertz CT molecular complexity index is 1100. The van der Waals surface area contributed by atoms with Crippen molar-refractivity contribution in [1.29, 1.82) is 0 Å². The van der Waals surface area contributed by atoms with Gasteiger partial charge in [0.2, 0.25) is 11.8 Å². The predicted octanol–water partition coefficient (Wildman–Crippen LogP) is 3.55. The summed E-state index contributed by atoms with van der Waals surface area (Å²) in [5.41, 5.74) is 8.49. The molecule has 0 spiro atoms. The molecule has 1 saturated heterocycles. The normalized spacial score (nSPS) is 16.6. The van der Waals surface area contributed by atoms with Gasteiger partial charge in [-0.3, -0.25) is 19.6 Å². The van der Waals surface area contributed by atoms with Gasteiger partial charge in [0.25, 0.3) is 0 Å². The summed E-state index contributed by atoms with van der Waals surface area (Å²) >= 11 is 12.6. The van der Waals surface area contributed by atoms with Gasteiger partial charge in [0.15, 0.2) is 0 Å². The summed E-state index contributed by atoms with van der Waals surface area (Å²) in [4.78, 5) is 36.2. The van der Waals surface area contributed by atoms with E-state index >= 15 is 0 Å². The Labute approximate surface area is 196 Å². The number of nitrogens with two attached hydrogens (primary N) is 1. The largest absolute Gasteiger partial charge is 0.368 e. The van der Waals surface area contributed by atoms with E-state index in [-0.39, 0.29) is 12.5 Å². The molecule has 1 aliphatic heterocycles. The van der Waals surface area contributed by atoms with Gasteiger partial charge in [-0.05, 0) is 42.6 Å². The quantitative estimate of drug-likeness (QED) is 0.410. The topological polar surface area (TPSA) is 91.4 Å². The Morgan fingerprint density at radius 3 is 2.44 bits per heavy atom. The van der Waals surface area contributed by atoms with Gasteiger partial charge in [0, 0.05) is 42.8 Å². The first-order valence-electron chi connectivity index (χ1n) is 9.81. The van der Waals surface area contributed by atoms with Crippen LogP contribution in [0.4, 0.5) is 5.69 Å². The Morgan fingerprint density at radius 2 is 1.88 bits per heavy atom. The van der Waals surface area contributed by atoms with Crippen LogP contribution in [0.5, 0.6) is 0 Å². The maximum atomic E-state index is 12.2. The van der Waals surface area contributed by atoms with Crippen molar-refractivity contribution in [1.82, 2.24) is 9.80 Å². The summed E-state index contributed by atoms with van der Waals surface area (Å²) in [6.07, 6.45) is 1.18. The minimum absolute atomic E-state index is 0.192. The number of hydrogen-bond donors (Lipinski definition) is 1. The lowest BCUT2D eigenvalue weighted by molar-refractivity contribution is -0.138. The first-order valence-corrected chi connectivity index (χ1v) is 10.6. The van der Waals surface area contributed by atoms with E-state index in [0.717, 1.165) is 11.1 Å². The van der Waals surface area contributed by atoms with E-state index in [4.69, 9.17) is 28.9 Å². The summed E-state index contributed by atoms with van der Waals surface area (Å²) in [5.74, 6) is -0.343. The van der Waals surface area contributed by atoms with Crippen molar-refractivity contribution in [3.63, 3.8) is 0 Å². The van der Waals surface area contributed by atoms with E-state index in [2.05, 4.69) is 23.3 Å². The summed E-state index contributed by atoms with van der Waals surface area (Å²) < 4.78 is 0. The van der Waals surface area contributed by atoms with Crippen LogP contribution < -0.4 is 5.73 Å². The number of amidine groups is 1. The number of amides is 2. The van der Waals surface area contributed by atoms with Gasteiger partial charge >= 0.3 is 0 Å². The monoisotopic (exact) mass is 471 g/mol. The van der Waals surface area contributed by atoms with Crippen LogP contribution >= 0.6 is 23.2 Å². The van der Waals surface area contributed by atoms with Crippen molar-refractivity contribution >= 4 is 53.3 Å². The lowest BCUT2D eigenvalue weighted by Crippen LogP contribution is -2.60. The molecule has 166 valence electrons. The molecule has 1 heterocycles. The molecule has 9 heteroatoms. The number of piperazine rings is 1. The molecule has 0 bridgehead atoms. The van der Waals surface area contributed by atoms with Gasteiger partial charge in [-0.25, -0.2) is 0 Å². The van der Waals surface area contributed by atoms with E-state index < -0.39 is 11.9 Å². The molecule has 3 rings (SSSR count). The summed E-state index contributed by atoms with van der Waals surface area (Å²) in [5, 5.41) is 1.13. The Morgan fingerprint density at radius 1 is 1.19 bits per heavy atom. The second-order valence-electron chi connectivity index (χ2n) is 7.16. The molecule has 2 N–H and O–H groups in total. The molecule has 7 nitrogen and oxygen atoms in total. The van der Waals surface area contributed by atoms with E-state index in [9.17, 15) is 9.59 Å². The highest BCUT2D eigenvalue weighted by atomic mass is 35.5. The molecule has 0 unspecified atom stereocenters. The number of halogens is 2. The smallest absolute Gasteiger partial charge is 0.246 e. The van der Waals surface area contributed by atoms with Crippen molar-refractivity contribution in [3.8, 4) is 11.1 Å². The van der Waals surface area contributed by atoms with Crippen molar-refractivity contribution in [3.05, 3.63) is 64.7 Å². The van der Waals surface area contributed by atoms with Gasteiger partial charge in [0.1, 0.15) is 11.9 Å². The molecule has 2 amide bonds. The fourth-order valence-electron chi connectivity index (χ4n) is 3.76. The number of rotatable bonds is 5. The van der Waals surface area contributed by atoms with Gasteiger partial charge in [-0.15, -0.1) is 0 Å². The zero-order chi connectivity index (χ0) is 23.4. The SMILES string of the molecule is C=CC(=O)N1CCN(C(=NC)c2cc(-c3ccc(Cl)cc3)c(Cl)cc2N=C)C[C@@H]1C(N)=O. The maximum Gasteiger partial charge on any atom is 0.246 e. The number of primary amides is 1. The van der Waals surface area contributed by atoms with Gasteiger partial charge in [-0.1, -0.05) is 41.9 Å². The zero-order valence-corrected chi connectivity index (χ0v) is 19.1. The van der Waals surface area contributed by atoms with Crippen LogP contribution in [0.3, 0.4) is 0 Å². The average molecular weight is 472 g/mol. The fraction of sp³-hybridized carbons (Fsp3) is 0.217. The van der Waals surface area contributed by atoms with Crippen LogP contribution in [0.2, 0.25) is 10.0 Å². The predicted molar refractivity (Wildman–Crippen MR) is 130 cm³/mol. The number of nitrogens with zero attached hydrogens (tertiary/aromatic N) is 4. The summed E-state index contributed by atoms with van der Waals surface area (Å²) in [6.45, 7) is 8.10. The molecule has 0 aliphatic carbocycles.